The van der Waals surface area contributed by atoms with E-state index in [-0.39, 0.29) is 5.91 Å². The fourth-order valence-corrected chi connectivity index (χ4v) is 1.68. The number of carbonyl (C=O) groups is 1. The van der Waals surface area contributed by atoms with Gasteiger partial charge in [0.2, 0.25) is 0 Å². The van der Waals surface area contributed by atoms with Crippen molar-refractivity contribution in [3.63, 3.8) is 0 Å². The lowest BCUT2D eigenvalue weighted by molar-refractivity contribution is 0.0949. The molecule has 0 aliphatic heterocycles. The van der Waals surface area contributed by atoms with Crippen molar-refractivity contribution < 1.29 is 4.79 Å². The molecule has 2 heterocycles. The molecule has 0 radical (unpaired) electrons. The van der Waals surface area contributed by atoms with Gasteiger partial charge in [0, 0.05) is 25.5 Å². The largest absolute Gasteiger partial charge is 0.350 e. The molecule has 0 aliphatic carbocycles. The average molecular weight is 244 g/mol. The number of aryl methyl sites for hydroxylation is 2. The quantitative estimate of drug-likeness (QED) is 0.876. The van der Waals surface area contributed by atoms with E-state index in [2.05, 4.69) is 15.4 Å². The van der Waals surface area contributed by atoms with Gasteiger partial charge < -0.3 is 5.32 Å². The summed E-state index contributed by atoms with van der Waals surface area (Å²) in [6.07, 6.45) is 4.51. The zero-order chi connectivity index (χ0) is 13.0. The summed E-state index contributed by atoms with van der Waals surface area (Å²) in [6.45, 7) is 2.45. The fraction of sp³-hybridized carbons (Fsp3) is 0.308. The minimum Gasteiger partial charge on any atom is -0.350 e. The van der Waals surface area contributed by atoms with Crippen molar-refractivity contribution in [2.45, 2.75) is 13.3 Å². The summed E-state index contributed by atoms with van der Waals surface area (Å²) >= 11 is 0. The Balaban J connectivity index is 1.85. The second-order valence-corrected chi connectivity index (χ2v) is 4.19. The number of aromatic nitrogens is 3. The molecule has 0 saturated carbocycles. The average Bonchev–Trinajstić information content (AvgIpc) is 2.75. The van der Waals surface area contributed by atoms with Crippen LogP contribution >= 0.6 is 0 Å². The van der Waals surface area contributed by atoms with Gasteiger partial charge in [-0.2, -0.15) is 5.10 Å². The number of carbonyl (C=O) groups excluding carboxylic acids is 1. The molecule has 2 aromatic rings. The highest BCUT2D eigenvalue weighted by molar-refractivity contribution is 5.92. The molecule has 0 aliphatic rings. The first kappa shape index (κ1) is 12.3. The molecule has 5 heteroatoms. The summed E-state index contributed by atoms with van der Waals surface area (Å²) in [7, 11) is 1.87. The SMILES string of the molecule is Cc1cccc(C(=O)NCCc2cnn(C)c2)n1. The molecule has 18 heavy (non-hydrogen) atoms. The van der Waals surface area contributed by atoms with Gasteiger partial charge in [-0.25, -0.2) is 4.98 Å². The van der Waals surface area contributed by atoms with Crippen LogP contribution in [-0.2, 0) is 13.5 Å². The molecular weight excluding hydrogens is 228 g/mol. The maximum Gasteiger partial charge on any atom is 0.269 e. The van der Waals surface area contributed by atoms with Crippen LogP contribution in [0.3, 0.4) is 0 Å². The maximum atomic E-state index is 11.8. The van der Waals surface area contributed by atoms with Crippen LogP contribution in [0.25, 0.3) is 0 Å². The Hall–Kier alpha value is -2.17. The molecule has 0 spiro atoms. The topological polar surface area (TPSA) is 59.8 Å². The highest BCUT2D eigenvalue weighted by Gasteiger charge is 2.06. The molecule has 0 unspecified atom stereocenters. The van der Waals surface area contributed by atoms with Crippen LogP contribution in [0.2, 0.25) is 0 Å². The third kappa shape index (κ3) is 3.16. The van der Waals surface area contributed by atoms with Crippen LogP contribution in [0.1, 0.15) is 21.7 Å². The second-order valence-electron chi connectivity index (χ2n) is 4.19. The number of nitrogens with one attached hydrogen (secondary N) is 1. The summed E-state index contributed by atoms with van der Waals surface area (Å²) in [6, 6.07) is 5.41. The van der Waals surface area contributed by atoms with Gasteiger partial charge in [-0.3, -0.25) is 9.48 Å². The van der Waals surface area contributed by atoms with E-state index < -0.39 is 0 Å². The van der Waals surface area contributed by atoms with E-state index in [1.807, 2.05) is 32.3 Å². The van der Waals surface area contributed by atoms with E-state index in [0.29, 0.717) is 12.2 Å². The van der Waals surface area contributed by atoms with E-state index in [4.69, 9.17) is 0 Å². The van der Waals surface area contributed by atoms with Gasteiger partial charge >= 0.3 is 0 Å². The van der Waals surface area contributed by atoms with Crippen LogP contribution in [0, 0.1) is 6.92 Å². The van der Waals surface area contributed by atoms with Crippen molar-refractivity contribution in [3.8, 4) is 0 Å². The Bertz CT molecular complexity index is 547. The molecule has 1 N–H and O–H groups in total. The van der Waals surface area contributed by atoms with Gasteiger partial charge in [0.15, 0.2) is 0 Å². The third-order valence-corrected chi connectivity index (χ3v) is 2.58. The van der Waals surface area contributed by atoms with Crippen LogP contribution in [0.15, 0.2) is 30.6 Å². The standard InChI is InChI=1S/C13H16N4O/c1-10-4-3-5-12(16-10)13(18)14-7-6-11-8-15-17(2)9-11/h3-5,8-9H,6-7H2,1-2H3,(H,14,18). The molecule has 1 amide bonds. The van der Waals surface area contributed by atoms with Gasteiger partial charge in [-0.15, -0.1) is 0 Å². The Kier molecular flexibility index (Phi) is 3.72. The van der Waals surface area contributed by atoms with E-state index in [1.54, 1.807) is 16.9 Å². The fourth-order valence-electron chi connectivity index (χ4n) is 1.68. The van der Waals surface area contributed by atoms with Crippen molar-refractivity contribution in [1.29, 1.82) is 0 Å². The number of nitrogens with zero attached hydrogens (tertiary/aromatic N) is 3. The summed E-state index contributed by atoms with van der Waals surface area (Å²) in [5.41, 5.74) is 2.41. The highest BCUT2D eigenvalue weighted by Crippen LogP contribution is 1.99. The first-order chi connectivity index (χ1) is 8.65. The van der Waals surface area contributed by atoms with E-state index in [9.17, 15) is 4.79 Å². The van der Waals surface area contributed by atoms with Gasteiger partial charge in [0.05, 0.1) is 6.20 Å². The lowest BCUT2D eigenvalue weighted by Gasteiger charge is -2.04. The molecule has 0 fully saturated rings. The molecule has 0 atom stereocenters. The summed E-state index contributed by atoms with van der Waals surface area (Å²) in [5, 5.41) is 6.92. The molecule has 0 bridgehead atoms. The molecular formula is C13H16N4O. The third-order valence-electron chi connectivity index (χ3n) is 2.58. The number of hydrogen-bond acceptors (Lipinski definition) is 3. The van der Waals surface area contributed by atoms with Crippen molar-refractivity contribution in [1.82, 2.24) is 20.1 Å². The first-order valence-corrected chi connectivity index (χ1v) is 5.84. The van der Waals surface area contributed by atoms with Gasteiger partial charge in [-0.05, 0) is 31.0 Å². The molecule has 94 valence electrons. The molecule has 0 aromatic carbocycles. The van der Waals surface area contributed by atoms with Crippen LogP contribution < -0.4 is 5.32 Å². The second kappa shape index (κ2) is 5.44. The van der Waals surface area contributed by atoms with Crippen molar-refractivity contribution in [2.75, 3.05) is 6.54 Å². The highest BCUT2D eigenvalue weighted by atomic mass is 16.1. The predicted octanol–water partition coefficient (Wildman–Crippen LogP) is 1.10. The van der Waals surface area contributed by atoms with Crippen LogP contribution in [0.5, 0.6) is 0 Å². The lowest BCUT2D eigenvalue weighted by Crippen LogP contribution is -2.26. The summed E-state index contributed by atoms with van der Waals surface area (Å²) < 4.78 is 1.75. The lowest BCUT2D eigenvalue weighted by atomic mass is 10.2. The summed E-state index contributed by atoms with van der Waals surface area (Å²) in [4.78, 5) is 16.0. The number of hydrogen-bond donors (Lipinski definition) is 1. The van der Waals surface area contributed by atoms with Gasteiger partial charge in [-0.1, -0.05) is 6.07 Å². The van der Waals surface area contributed by atoms with Crippen molar-refractivity contribution in [2.24, 2.45) is 7.05 Å². The Morgan fingerprint density at radius 3 is 2.94 bits per heavy atom. The smallest absolute Gasteiger partial charge is 0.269 e. The van der Waals surface area contributed by atoms with E-state index in [0.717, 1.165) is 17.7 Å². The Morgan fingerprint density at radius 2 is 2.28 bits per heavy atom. The molecule has 2 rings (SSSR count). The zero-order valence-electron chi connectivity index (χ0n) is 10.6. The Labute approximate surface area is 106 Å². The van der Waals surface area contributed by atoms with E-state index >= 15 is 0 Å². The normalized spacial score (nSPS) is 10.3. The van der Waals surface area contributed by atoms with Gasteiger partial charge in [0.1, 0.15) is 5.69 Å². The minimum atomic E-state index is -0.136. The Morgan fingerprint density at radius 1 is 1.44 bits per heavy atom. The predicted molar refractivity (Wildman–Crippen MR) is 68.2 cm³/mol. The van der Waals surface area contributed by atoms with Crippen LogP contribution in [-0.4, -0.2) is 27.2 Å². The van der Waals surface area contributed by atoms with E-state index in [1.165, 1.54) is 0 Å². The first-order valence-electron chi connectivity index (χ1n) is 5.84. The monoisotopic (exact) mass is 244 g/mol. The van der Waals surface area contributed by atoms with Gasteiger partial charge in [0.25, 0.3) is 5.91 Å². The molecule has 5 nitrogen and oxygen atoms in total. The zero-order valence-corrected chi connectivity index (χ0v) is 10.6. The van der Waals surface area contributed by atoms with Crippen molar-refractivity contribution >= 4 is 5.91 Å². The maximum absolute atomic E-state index is 11.8. The number of rotatable bonds is 4. The van der Waals surface area contributed by atoms with Crippen molar-refractivity contribution in [3.05, 3.63) is 47.5 Å². The molecule has 0 saturated heterocycles. The van der Waals surface area contributed by atoms with Crippen LogP contribution in [0.4, 0.5) is 0 Å². The number of amides is 1. The minimum absolute atomic E-state index is 0.136. The molecule has 2 aromatic heterocycles. The summed E-state index contributed by atoms with van der Waals surface area (Å²) in [5.74, 6) is -0.136. The number of pyridine rings is 1.